The summed E-state index contributed by atoms with van der Waals surface area (Å²) in [5, 5.41) is 0. The van der Waals surface area contributed by atoms with Crippen LogP contribution < -0.4 is 0 Å². The van der Waals surface area contributed by atoms with Gasteiger partial charge in [0.2, 0.25) is 0 Å². The van der Waals surface area contributed by atoms with Gasteiger partial charge in [0.05, 0.1) is 0 Å². The number of carbonyl (C=O) groups is 1. The fourth-order valence-electron chi connectivity index (χ4n) is 3.50. The molecule has 0 aromatic carbocycles. The molecule has 0 rings (SSSR count). The van der Waals surface area contributed by atoms with E-state index in [0.717, 1.165) is 16.4 Å². The second kappa shape index (κ2) is 14.2. The second-order valence-electron chi connectivity index (χ2n) is 7.32. The topological polar surface area (TPSA) is 26.3 Å². The van der Waals surface area contributed by atoms with E-state index in [0.29, 0.717) is 6.61 Å². The van der Waals surface area contributed by atoms with Gasteiger partial charge in [-0.1, -0.05) is 0 Å². The van der Waals surface area contributed by atoms with Crippen LogP contribution in [-0.4, -0.2) is 31.0 Å². The fourth-order valence-corrected chi connectivity index (χ4v) is 20.0. The molecule has 3 heteroatoms. The molecule has 0 atom stereocenters. The summed E-state index contributed by atoms with van der Waals surface area (Å²) < 4.78 is 10.9. The molecule has 0 N–H and O–H groups in total. The zero-order chi connectivity index (χ0) is 18.4. The van der Waals surface area contributed by atoms with E-state index < -0.39 is 18.4 Å². The average molecular weight is 445 g/mol. The molecule has 0 aromatic rings. The summed E-state index contributed by atoms with van der Waals surface area (Å²) in [6, 6.07) is 0. The molecule has 0 amide bonds. The zero-order valence-electron chi connectivity index (χ0n) is 17.3. The summed E-state index contributed by atoms with van der Waals surface area (Å²) in [5.74, 6) is -0.0255. The van der Waals surface area contributed by atoms with E-state index in [1.807, 2.05) is 6.92 Å². The molecule has 0 saturated carbocycles. The molecule has 24 heavy (non-hydrogen) atoms. The number of unbranched alkanes of at least 4 members (excludes halogenated alkanes) is 3. The van der Waals surface area contributed by atoms with E-state index in [2.05, 4.69) is 34.6 Å². The van der Waals surface area contributed by atoms with Crippen molar-refractivity contribution in [3.05, 3.63) is 11.1 Å². The summed E-state index contributed by atoms with van der Waals surface area (Å²) >= 11 is -2.34. The molecule has 0 aliphatic rings. The Labute approximate surface area is 155 Å². The fraction of sp³-hybridized carbons (Fsp3) is 0.857. The van der Waals surface area contributed by atoms with Crippen molar-refractivity contribution in [2.45, 2.75) is 104 Å². The van der Waals surface area contributed by atoms with Crippen LogP contribution in [0.25, 0.3) is 0 Å². The molecule has 0 radical (unpaired) electrons. The van der Waals surface area contributed by atoms with Crippen molar-refractivity contribution >= 4 is 24.3 Å². The van der Waals surface area contributed by atoms with Crippen LogP contribution in [0.1, 0.15) is 86.5 Å². The van der Waals surface area contributed by atoms with Crippen LogP contribution in [0.4, 0.5) is 0 Å². The van der Waals surface area contributed by atoms with Crippen molar-refractivity contribution < 1.29 is 9.53 Å². The normalized spacial score (nSPS) is 12.9. The molecule has 0 saturated heterocycles. The minimum absolute atomic E-state index is 0.0255. The van der Waals surface area contributed by atoms with E-state index in [4.69, 9.17) is 4.74 Å². The van der Waals surface area contributed by atoms with Crippen LogP contribution in [0.5, 0.6) is 0 Å². The van der Waals surface area contributed by atoms with Crippen LogP contribution in [0, 0.1) is 0 Å². The molecule has 0 heterocycles. The van der Waals surface area contributed by atoms with E-state index in [-0.39, 0.29) is 5.97 Å². The third kappa shape index (κ3) is 8.92. The van der Waals surface area contributed by atoms with Crippen molar-refractivity contribution in [1.29, 1.82) is 0 Å². The zero-order valence-corrected chi connectivity index (χ0v) is 20.2. The van der Waals surface area contributed by atoms with Gasteiger partial charge in [-0.25, -0.2) is 0 Å². The number of carbonyl (C=O) groups excluding carboxylic acids is 1. The van der Waals surface area contributed by atoms with Gasteiger partial charge in [0, 0.05) is 0 Å². The third-order valence-electron chi connectivity index (χ3n) is 5.30. The Bertz CT molecular complexity index is 352. The van der Waals surface area contributed by atoms with Gasteiger partial charge in [0.15, 0.2) is 0 Å². The monoisotopic (exact) mass is 446 g/mol. The van der Waals surface area contributed by atoms with Crippen LogP contribution in [0.15, 0.2) is 11.1 Å². The summed E-state index contributed by atoms with van der Waals surface area (Å²) in [6.45, 7) is 13.6. The molecular weight excluding hydrogens is 403 g/mol. The van der Waals surface area contributed by atoms with Gasteiger partial charge in [-0.05, 0) is 0 Å². The quantitative estimate of drug-likeness (QED) is 0.162. The van der Waals surface area contributed by atoms with Crippen LogP contribution in [-0.2, 0) is 9.53 Å². The first-order chi connectivity index (χ1) is 11.5. The predicted molar refractivity (Wildman–Crippen MR) is 109 cm³/mol. The van der Waals surface area contributed by atoms with Crippen LogP contribution >= 0.6 is 0 Å². The molecule has 0 bridgehead atoms. The Hall–Kier alpha value is 0.00870. The SMILES string of the molecule is CCC[CH2][Sn]([CH2]CCC)([CH2]CCC)[CH2]/C(C(=O)OCC)=C(\C)CC. The number of allylic oxidation sites excluding steroid dienone is 1. The van der Waals surface area contributed by atoms with E-state index in [1.165, 1.54) is 57.4 Å². The van der Waals surface area contributed by atoms with E-state index in [9.17, 15) is 4.79 Å². The molecule has 0 unspecified atom stereocenters. The van der Waals surface area contributed by atoms with Crippen molar-refractivity contribution in [2.24, 2.45) is 0 Å². The summed E-state index contributed by atoms with van der Waals surface area (Å²) in [5.41, 5.74) is 2.32. The number of hydrogen-bond donors (Lipinski definition) is 0. The predicted octanol–water partition coefficient (Wildman–Crippen LogP) is 7.13. The van der Waals surface area contributed by atoms with E-state index >= 15 is 0 Å². The third-order valence-corrected chi connectivity index (χ3v) is 20.6. The van der Waals surface area contributed by atoms with E-state index in [1.54, 1.807) is 0 Å². The van der Waals surface area contributed by atoms with Gasteiger partial charge in [0.1, 0.15) is 0 Å². The minimum atomic E-state index is -2.34. The van der Waals surface area contributed by atoms with Gasteiger partial charge in [-0.15, -0.1) is 0 Å². The van der Waals surface area contributed by atoms with Crippen molar-refractivity contribution in [3.8, 4) is 0 Å². The number of ether oxygens (including phenoxy) is 1. The van der Waals surface area contributed by atoms with Gasteiger partial charge in [0.25, 0.3) is 0 Å². The number of rotatable bonds is 14. The maximum atomic E-state index is 12.6. The Kier molecular flexibility index (Phi) is 14.2. The first kappa shape index (κ1) is 24.0. The number of esters is 1. The maximum absolute atomic E-state index is 12.6. The van der Waals surface area contributed by atoms with Crippen molar-refractivity contribution in [1.82, 2.24) is 0 Å². The first-order valence-corrected chi connectivity index (χ1v) is 18.4. The van der Waals surface area contributed by atoms with Crippen LogP contribution in [0.2, 0.25) is 17.7 Å². The average Bonchev–Trinajstić information content (AvgIpc) is 2.60. The summed E-state index contributed by atoms with van der Waals surface area (Å²) in [6.07, 6.45) is 8.86. The standard InChI is InChI=1S/C9H15O2.3C4H9.Sn/c1-5-7(3)8(4)9(10)11-6-2;3*1-3-4-2;/h4-6H2,1-3H3;3*1,3-4H2,2H3;/b8-7-;;;;. The number of hydrogen-bond acceptors (Lipinski definition) is 2. The summed E-state index contributed by atoms with van der Waals surface area (Å²) in [7, 11) is 0. The Morgan fingerprint density at radius 2 is 1.29 bits per heavy atom. The second-order valence-corrected chi connectivity index (χ2v) is 21.2. The van der Waals surface area contributed by atoms with Crippen molar-refractivity contribution in [2.75, 3.05) is 6.61 Å². The van der Waals surface area contributed by atoms with Gasteiger partial charge in [-0.2, -0.15) is 0 Å². The molecule has 0 aliphatic heterocycles. The molecule has 0 aromatic heterocycles. The first-order valence-electron chi connectivity index (χ1n) is 10.4. The Balaban J connectivity index is 5.56. The molecule has 0 aliphatic carbocycles. The molecule has 0 spiro atoms. The molecule has 2 nitrogen and oxygen atoms in total. The summed E-state index contributed by atoms with van der Waals surface area (Å²) in [4.78, 5) is 12.6. The van der Waals surface area contributed by atoms with Gasteiger partial charge < -0.3 is 0 Å². The Morgan fingerprint density at radius 1 is 0.833 bits per heavy atom. The Morgan fingerprint density at radius 3 is 1.62 bits per heavy atom. The molecule has 0 fully saturated rings. The molecular formula is C21H42O2Sn. The van der Waals surface area contributed by atoms with Crippen molar-refractivity contribution in [3.63, 3.8) is 0 Å². The molecule has 142 valence electrons. The van der Waals surface area contributed by atoms with Gasteiger partial charge in [-0.3, -0.25) is 0 Å². The van der Waals surface area contributed by atoms with Gasteiger partial charge >= 0.3 is 156 Å². The van der Waals surface area contributed by atoms with Crippen LogP contribution in [0.3, 0.4) is 0 Å².